The molecule has 0 aromatic heterocycles. The first kappa shape index (κ1) is 17.6. The van der Waals surface area contributed by atoms with Crippen molar-refractivity contribution in [3.8, 4) is 5.75 Å². The van der Waals surface area contributed by atoms with Gasteiger partial charge in [-0.25, -0.2) is 0 Å². The summed E-state index contributed by atoms with van der Waals surface area (Å²) in [4.78, 5) is 0. The summed E-state index contributed by atoms with van der Waals surface area (Å²) < 4.78 is 0.965. The summed E-state index contributed by atoms with van der Waals surface area (Å²) >= 11 is 6.11. The first-order chi connectivity index (χ1) is 9.96. The van der Waals surface area contributed by atoms with Crippen LogP contribution < -0.4 is 24.0 Å². The Balaban J connectivity index is 0.00000176. The molecule has 0 saturated heterocycles. The molecule has 2 nitrogen and oxygen atoms in total. The minimum Gasteiger partial charge on any atom is -1.00 e. The van der Waals surface area contributed by atoms with Crippen LogP contribution in [0.4, 0.5) is 0 Å². The molecule has 118 valence electrons. The van der Waals surface area contributed by atoms with Crippen LogP contribution >= 0.6 is 11.6 Å². The van der Waals surface area contributed by atoms with Crippen LogP contribution in [0.1, 0.15) is 22.6 Å². The smallest absolute Gasteiger partial charge is 0.134 e. The van der Waals surface area contributed by atoms with Crippen LogP contribution in [0.3, 0.4) is 0 Å². The van der Waals surface area contributed by atoms with E-state index in [4.69, 9.17) is 11.6 Å². The molecule has 1 aliphatic rings. The molecule has 1 unspecified atom stereocenters. The fourth-order valence-electron chi connectivity index (χ4n) is 3.24. The molecule has 0 aliphatic carbocycles. The lowest BCUT2D eigenvalue weighted by Gasteiger charge is -2.31. The Morgan fingerprint density at radius 3 is 2.50 bits per heavy atom. The topological polar surface area (TPSA) is 20.2 Å². The second-order valence-corrected chi connectivity index (χ2v) is 6.96. The number of hydrogen-bond acceptors (Lipinski definition) is 1. The summed E-state index contributed by atoms with van der Waals surface area (Å²) in [6.45, 7) is 2.11. The summed E-state index contributed by atoms with van der Waals surface area (Å²) in [5.41, 5.74) is 3.77. The van der Waals surface area contributed by atoms with Crippen LogP contribution in [0.25, 0.3) is 0 Å². The van der Waals surface area contributed by atoms with Crippen LogP contribution in [0.15, 0.2) is 42.5 Å². The molecule has 22 heavy (non-hydrogen) atoms. The monoisotopic (exact) mass is 430 g/mol. The molecule has 0 radical (unpaired) electrons. The third-order valence-electron chi connectivity index (χ3n) is 4.45. The number of nitrogens with zero attached hydrogens (tertiary/aromatic N) is 1. The predicted molar refractivity (Wildman–Crippen MR) is 86.9 cm³/mol. The zero-order valence-corrected chi connectivity index (χ0v) is 15.8. The number of fused-ring (bicyclic) bond motifs is 1. The maximum absolute atomic E-state index is 10.0. The Labute approximate surface area is 154 Å². The molecule has 2 aromatic rings. The van der Waals surface area contributed by atoms with Gasteiger partial charge in [0.2, 0.25) is 0 Å². The van der Waals surface area contributed by atoms with Crippen molar-refractivity contribution in [1.82, 2.24) is 0 Å². The number of hydrogen-bond donors (Lipinski definition) is 1. The van der Waals surface area contributed by atoms with Crippen molar-refractivity contribution in [2.75, 3.05) is 27.2 Å². The van der Waals surface area contributed by atoms with Gasteiger partial charge in [-0.2, -0.15) is 0 Å². The largest absolute Gasteiger partial charge is 1.00 e. The summed E-state index contributed by atoms with van der Waals surface area (Å²) in [7, 11) is 4.53. The SMILES string of the molecule is C[N+]1([13CH3])CCc2cc(Cl)c(O)cc2[C@@H](c2ccccc2)C1.[I-]. The zero-order chi connectivity index (χ0) is 15.0. The minimum absolute atomic E-state index is 0. The van der Waals surface area contributed by atoms with E-state index in [1.807, 2.05) is 18.2 Å². The minimum atomic E-state index is 0. The van der Waals surface area contributed by atoms with Gasteiger partial charge in [0.25, 0.3) is 0 Å². The van der Waals surface area contributed by atoms with E-state index in [2.05, 4.69) is 38.4 Å². The van der Waals surface area contributed by atoms with Crippen molar-refractivity contribution in [3.63, 3.8) is 0 Å². The van der Waals surface area contributed by atoms with Crippen molar-refractivity contribution in [1.29, 1.82) is 0 Å². The molecule has 1 aliphatic heterocycles. The van der Waals surface area contributed by atoms with Crippen molar-refractivity contribution < 1.29 is 33.6 Å². The standard InChI is InChI=1S/C18H20ClNO.HI/c1-20(2)9-8-14-10-17(19)18(21)11-15(14)16(12-20)13-6-4-3-5-7-13;/h3-7,10-11,16H,8-9,12H2,1-2H3;1H/t16-;/m1./s1/i1+1;/t16-,20?;. The first-order valence-electron chi connectivity index (χ1n) is 7.34. The van der Waals surface area contributed by atoms with Gasteiger partial charge >= 0.3 is 0 Å². The van der Waals surface area contributed by atoms with Gasteiger partial charge in [0, 0.05) is 6.42 Å². The Morgan fingerprint density at radius 1 is 1.14 bits per heavy atom. The summed E-state index contributed by atoms with van der Waals surface area (Å²) in [6, 6.07) is 14.3. The molecule has 0 amide bonds. The van der Waals surface area contributed by atoms with Crippen molar-refractivity contribution in [3.05, 3.63) is 64.2 Å². The van der Waals surface area contributed by atoms with Crippen LogP contribution in [0, 0.1) is 0 Å². The number of halogens is 2. The van der Waals surface area contributed by atoms with Crippen molar-refractivity contribution in [2.45, 2.75) is 12.3 Å². The first-order valence-corrected chi connectivity index (χ1v) is 7.72. The quantitative estimate of drug-likeness (QED) is 0.403. The van der Waals surface area contributed by atoms with E-state index in [1.165, 1.54) is 16.7 Å². The van der Waals surface area contributed by atoms with Gasteiger partial charge in [-0.3, -0.25) is 0 Å². The number of phenolic OH excluding ortho intramolecular Hbond substituents is 1. The predicted octanol–water partition coefficient (Wildman–Crippen LogP) is 0.814. The third-order valence-corrected chi connectivity index (χ3v) is 4.75. The number of likely N-dealkylation sites (N-methyl/N-ethyl adjacent to an activating group) is 1. The van der Waals surface area contributed by atoms with Crippen LogP contribution in [0.5, 0.6) is 5.75 Å². The summed E-state index contributed by atoms with van der Waals surface area (Å²) in [5, 5.41) is 10.5. The lowest BCUT2D eigenvalue weighted by molar-refractivity contribution is -0.890. The highest BCUT2D eigenvalue weighted by molar-refractivity contribution is 6.32. The Bertz CT molecular complexity index is 658. The molecule has 2 atom stereocenters. The van der Waals surface area contributed by atoms with E-state index in [9.17, 15) is 5.11 Å². The molecule has 1 N–H and O–H groups in total. The zero-order valence-electron chi connectivity index (χ0n) is 12.9. The van der Waals surface area contributed by atoms with Gasteiger partial charge in [-0.05, 0) is 28.8 Å². The molecular weight excluding hydrogens is 410 g/mol. The van der Waals surface area contributed by atoms with E-state index >= 15 is 0 Å². The highest BCUT2D eigenvalue weighted by atomic mass is 127. The molecule has 0 spiro atoms. The van der Waals surface area contributed by atoms with Gasteiger partial charge < -0.3 is 33.6 Å². The molecule has 1 heterocycles. The molecule has 0 fully saturated rings. The Morgan fingerprint density at radius 2 is 1.82 bits per heavy atom. The number of aromatic hydroxyl groups is 1. The third kappa shape index (κ3) is 3.58. The van der Waals surface area contributed by atoms with Crippen LogP contribution in [0.2, 0.25) is 5.02 Å². The number of quaternary nitrogens is 1. The maximum atomic E-state index is 10.0. The Hall–Kier alpha value is -0.780. The second-order valence-electron chi connectivity index (χ2n) is 6.56. The molecule has 0 saturated carbocycles. The van der Waals surface area contributed by atoms with Crippen LogP contribution in [-0.2, 0) is 6.42 Å². The highest BCUT2D eigenvalue weighted by Crippen LogP contribution is 2.37. The molecule has 0 bridgehead atoms. The summed E-state index contributed by atoms with van der Waals surface area (Å²) in [6.07, 6.45) is 0.992. The average molecular weight is 431 g/mol. The lowest BCUT2D eigenvalue weighted by atomic mass is 9.88. The lowest BCUT2D eigenvalue weighted by Crippen LogP contribution is -3.00. The average Bonchev–Trinajstić information content (AvgIpc) is 2.58. The number of benzene rings is 2. The Kier molecular flexibility index (Phi) is 5.41. The van der Waals surface area contributed by atoms with Crippen molar-refractivity contribution >= 4 is 11.6 Å². The second kappa shape index (κ2) is 6.77. The van der Waals surface area contributed by atoms with E-state index in [0.717, 1.165) is 24.0 Å². The van der Waals surface area contributed by atoms with E-state index in [1.54, 1.807) is 0 Å². The highest BCUT2D eigenvalue weighted by Gasteiger charge is 2.31. The number of rotatable bonds is 1. The fraction of sp³-hybridized carbons (Fsp3) is 0.333. The molecular formula is C18H21ClINO. The molecule has 2 aromatic carbocycles. The number of phenols is 1. The maximum Gasteiger partial charge on any atom is 0.134 e. The summed E-state index contributed by atoms with van der Waals surface area (Å²) in [5.74, 6) is 0.477. The normalized spacial score (nSPS) is 24.0. The van der Waals surface area contributed by atoms with Gasteiger partial charge in [0.05, 0.1) is 38.1 Å². The molecule has 4 heteroatoms. The van der Waals surface area contributed by atoms with Gasteiger partial charge in [-0.15, -0.1) is 0 Å². The van der Waals surface area contributed by atoms with E-state index < -0.39 is 0 Å². The molecule has 3 rings (SSSR count). The van der Waals surface area contributed by atoms with Crippen molar-refractivity contribution in [2.24, 2.45) is 0 Å². The van der Waals surface area contributed by atoms with E-state index in [0.29, 0.717) is 10.9 Å². The van der Waals surface area contributed by atoms with E-state index in [-0.39, 0.29) is 29.7 Å². The fourth-order valence-corrected chi connectivity index (χ4v) is 3.42. The van der Waals surface area contributed by atoms with Gasteiger partial charge in [0.1, 0.15) is 5.75 Å². The van der Waals surface area contributed by atoms with Gasteiger partial charge in [-0.1, -0.05) is 41.9 Å². The van der Waals surface area contributed by atoms with Crippen LogP contribution in [-0.4, -0.2) is 36.8 Å². The van der Waals surface area contributed by atoms with Gasteiger partial charge in [0.15, 0.2) is 0 Å².